The predicted octanol–water partition coefficient (Wildman–Crippen LogP) is 2.34. The summed E-state index contributed by atoms with van der Waals surface area (Å²) in [6, 6.07) is 7.59. The quantitative estimate of drug-likeness (QED) is 0.713. The van der Waals surface area contributed by atoms with Crippen LogP contribution in [-0.2, 0) is 4.79 Å². The zero-order valence-electron chi connectivity index (χ0n) is 8.12. The number of benzene rings is 1. The molecule has 14 heavy (non-hydrogen) atoms. The maximum absolute atomic E-state index is 11.5. The lowest BCUT2D eigenvalue weighted by molar-refractivity contribution is -0.117. The van der Waals surface area contributed by atoms with E-state index in [9.17, 15) is 9.59 Å². The monoisotopic (exact) mass is 188 g/mol. The molecule has 1 atom stereocenters. The van der Waals surface area contributed by atoms with E-state index in [1.807, 2.05) is 24.3 Å². The first-order valence-corrected chi connectivity index (χ1v) is 4.80. The third-order valence-electron chi connectivity index (χ3n) is 2.67. The standard InChI is InChI=1S/C12H12O2/c1-8(13)6-9-7-12(14)11-5-3-2-4-10(9)11/h2-5,9H,6-7H2,1H3. The van der Waals surface area contributed by atoms with Crippen molar-refractivity contribution in [3.8, 4) is 0 Å². The summed E-state index contributed by atoms with van der Waals surface area (Å²) in [6.07, 6.45) is 0.988. The highest BCUT2D eigenvalue weighted by atomic mass is 16.1. The van der Waals surface area contributed by atoms with Crippen LogP contribution < -0.4 is 0 Å². The third kappa shape index (κ3) is 1.48. The molecule has 2 rings (SSSR count). The molecule has 0 fully saturated rings. The first kappa shape index (κ1) is 9.13. The van der Waals surface area contributed by atoms with Crippen molar-refractivity contribution in [1.29, 1.82) is 0 Å². The van der Waals surface area contributed by atoms with Gasteiger partial charge in [-0.15, -0.1) is 0 Å². The predicted molar refractivity (Wildman–Crippen MR) is 53.4 cm³/mol. The van der Waals surface area contributed by atoms with Crippen LogP contribution >= 0.6 is 0 Å². The Labute approximate surface area is 82.9 Å². The number of ketones is 2. The molecule has 1 aromatic rings. The molecule has 0 amide bonds. The van der Waals surface area contributed by atoms with Crippen LogP contribution in [0.4, 0.5) is 0 Å². The van der Waals surface area contributed by atoms with Gasteiger partial charge >= 0.3 is 0 Å². The summed E-state index contributed by atoms with van der Waals surface area (Å²) in [5, 5.41) is 0. The minimum Gasteiger partial charge on any atom is -0.300 e. The van der Waals surface area contributed by atoms with Crippen LogP contribution in [0.15, 0.2) is 24.3 Å². The molecule has 0 N–H and O–H groups in total. The first-order chi connectivity index (χ1) is 6.68. The SMILES string of the molecule is CC(=O)CC1CC(=O)c2ccccc21. The Hall–Kier alpha value is -1.44. The second kappa shape index (κ2) is 3.37. The van der Waals surface area contributed by atoms with Crippen LogP contribution in [0.1, 0.15) is 41.6 Å². The average molecular weight is 188 g/mol. The molecule has 0 radical (unpaired) electrons. The fraction of sp³-hybridized carbons (Fsp3) is 0.333. The van der Waals surface area contributed by atoms with Gasteiger partial charge in [0.25, 0.3) is 0 Å². The molecule has 0 spiro atoms. The van der Waals surface area contributed by atoms with Crippen LogP contribution in [0.3, 0.4) is 0 Å². The van der Waals surface area contributed by atoms with E-state index in [0.717, 1.165) is 11.1 Å². The van der Waals surface area contributed by atoms with Crippen molar-refractivity contribution in [3.05, 3.63) is 35.4 Å². The van der Waals surface area contributed by atoms with Crippen molar-refractivity contribution in [2.75, 3.05) is 0 Å². The van der Waals surface area contributed by atoms with Gasteiger partial charge in [0.1, 0.15) is 5.78 Å². The Morgan fingerprint density at radius 1 is 1.43 bits per heavy atom. The Morgan fingerprint density at radius 2 is 2.14 bits per heavy atom. The molecule has 72 valence electrons. The Morgan fingerprint density at radius 3 is 2.86 bits per heavy atom. The smallest absolute Gasteiger partial charge is 0.163 e. The second-order valence-electron chi connectivity index (χ2n) is 3.82. The molecule has 0 aliphatic heterocycles. The van der Waals surface area contributed by atoms with Crippen LogP contribution in [0.2, 0.25) is 0 Å². The molecule has 0 saturated heterocycles. The van der Waals surface area contributed by atoms with E-state index in [1.165, 1.54) is 0 Å². The van der Waals surface area contributed by atoms with Crippen molar-refractivity contribution in [1.82, 2.24) is 0 Å². The lowest BCUT2D eigenvalue weighted by Crippen LogP contribution is -2.00. The van der Waals surface area contributed by atoms with Crippen LogP contribution in [-0.4, -0.2) is 11.6 Å². The van der Waals surface area contributed by atoms with E-state index < -0.39 is 0 Å². The maximum atomic E-state index is 11.5. The molecule has 0 heterocycles. The van der Waals surface area contributed by atoms with Crippen molar-refractivity contribution < 1.29 is 9.59 Å². The molecular weight excluding hydrogens is 176 g/mol. The van der Waals surface area contributed by atoms with Crippen molar-refractivity contribution in [2.45, 2.75) is 25.7 Å². The van der Waals surface area contributed by atoms with Crippen LogP contribution in [0, 0.1) is 0 Å². The summed E-state index contributed by atoms with van der Waals surface area (Å²) in [5.74, 6) is 0.447. The lowest BCUT2D eigenvalue weighted by atomic mass is 9.96. The van der Waals surface area contributed by atoms with Gasteiger partial charge in [-0.1, -0.05) is 24.3 Å². The van der Waals surface area contributed by atoms with Gasteiger partial charge in [-0.3, -0.25) is 4.79 Å². The van der Waals surface area contributed by atoms with Crippen molar-refractivity contribution in [3.63, 3.8) is 0 Å². The Bertz CT molecular complexity index is 391. The van der Waals surface area contributed by atoms with Gasteiger partial charge in [0.05, 0.1) is 0 Å². The number of carbonyl (C=O) groups is 2. The average Bonchev–Trinajstić information content (AvgIpc) is 2.44. The zero-order chi connectivity index (χ0) is 10.1. The summed E-state index contributed by atoms with van der Waals surface area (Å²) >= 11 is 0. The van der Waals surface area contributed by atoms with Crippen LogP contribution in [0.25, 0.3) is 0 Å². The van der Waals surface area contributed by atoms with E-state index >= 15 is 0 Å². The molecule has 2 nitrogen and oxygen atoms in total. The number of hydrogen-bond donors (Lipinski definition) is 0. The summed E-state index contributed by atoms with van der Waals surface area (Å²) in [4.78, 5) is 22.6. The van der Waals surface area contributed by atoms with E-state index in [2.05, 4.69) is 0 Å². The van der Waals surface area contributed by atoms with Crippen LogP contribution in [0.5, 0.6) is 0 Å². The number of fused-ring (bicyclic) bond motifs is 1. The van der Waals surface area contributed by atoms with E-state index in [-0.39, 0.29) is 17.5 Å². The molecule has 0 saturated carbocycles. The largest absolute Gasteiger partial charge is 0.300 e. The minimum atomic E-state index is 0.121. The topological polar surface area (TPSA) is 34.1 Å². The van der Waals surface area contributed by atoms with Crippen molar-refractivity contribution in [2.24, 2.45) is 0 Å². The van der Waals surface area contributed by atoms with Gasteiger partial charge in [-0.05, 0) is 18.4 Å². The number of rotatable bonds is 2. The Kier molecular flexibility index (Phi) is 2.20. The number of Topliss-reactive ketones (excluding diaryl/α,β-unsaturated/α-hetero) is 2. The fourth-order valence-corrected chi connectivity index (χ4v) is 2.08. The van der Waals surface area contributed by atoms with Gasteiger partial charge in [-0.2, -0.15) is 0 Å². The van der Waals surface area contributed by atoms with E-state index in [4.69, 9.17) is 0 Å². The number of carbonyl (C=O) groups excluding carboxylic acids is 2. The summed E-state index contributed by atoms with van der Waals surface area (Å²) < 4.78 is 0. The summed E-state index contributed by atoms with van der Waals surface area (Å²) in [7, 11) is 0. The lowest BCUT2D eigenvalue weighted by Gasteiger charge is -2.06. The minimum absolute atomic E-state index is 0.121. The van der Waals surface area contributed by atoms with Gasteiger partial charge in [0.15, 0.2) is 5.78 Å². The normalized spacial score (nSPS) is 19.5. The molecular formula is C12H12O2. The van der Waals surface area contributed by atoms with Gasteiger partial charge < -0.3 is 4.79 Å². The molecule has 1 aliphatic rings. The first-order valence-electron chi connectivity index (χ1n) is 4.80. The highest BCUT2D eigenvalue weighted by Crippen LogP contribution is 2.35. The second-order valence-corrected chi connectivity index (χ2v) is 3.82. The van der Waals surface area contributed by atoms with E-state index in [0.29, 0.717) is 12.8 Å². The van der Waals surface area contributed by atoms with Gasteiger partial charge in [-0.25, -0.2) is 0 Å². The maximum Gasteiger partial charge on any atom is 0.163 e. The highest BCUT2D eigenvalue weighted by molar-refractivity contribution is 6.01. The molecule has 1 unspecified atom stereocenters. The molecule has 0 aromatic heterocycles. The van der Waals surface area contributed by atoms with Gasteiger partial charge in [0, 0.05) is 18.4 Å². The molecule has 1 aliphatic carbocycles. The summed E-state index contributed by atoms with van der Waals surface area (Å²) in [5.41, 5.74) is 1.85. The zero-order valence-corrected chi connectivity index (χ0v) is 8.12. The molecule has 0 bridgehead atoms. The van der Waals surface area contributed by atoms with E-state index in [1.54, 1.807) is 6.92 Å². The molecule has 1 aromatic carbocycles. The van der Waals surface area contributed by atoms with Gasteiger partial charge in [0.2, 0.25) is 0 Å². The third-order valence-corrected chi connectivity index (χ3v) is 2.67. The fourth-order valence-electron chi connectivity index (χ4n) is 2.08. The summed E-state index contributed by atoms with van der Waals surface area (Å²) in [6.45, 7) is 1.57. The van der Waals surface area contributed by atoms with Crippen molar-refractivity contribution >= 4 is 11.6 Å². The Balaban J connectivity index is 2.34. The highest BCUT2D eigenvalue weighted by Gasteiger charge is 2.29. The number of hydrogen-bond acceptors (Lipinski definition) is 2. The molecule has 2 heteroatoms.